The second-order valence-electron chi connectivity index (χ2n) is 4.61. The maximum Gasteiger partial charge on any atom is 0.228 e. The highest BCUT2D eigenvalue weighted by molar-refractivity contribution is 6.42. The molecule has 0 saturated carbocycles. The van der Waals surface area contributed by atoms with Gasteiger partial charge < -0.3 is 5.32 Å². The van der Waals surface area contributed by atoms with Crippen molar-refractivity contribution in [2.45, 2.75) is 13.3 Å². The zero-order valence-corrected chi connectivity index (χ0v) is 12.8. The van der Waals surface area contributed by atoms with Crippen molar-refractivity contribution in [2.75, 3.05) is 5.32 Å². The summed E-state index contributed by atoms with van der Waals surface area (Å²) in [5, 5.41) is 3.65. The Balaban J connectivity index is 2.01. The lowest BCUT2D eigenvalue weighted by Gasteiger charge is -2.06. The van der Waals surface area contributed by atoms with Crippen LogP contribution in [0.5, 0.6) is 0 Å². The van der Waals surface area contributed by atoms with Crippen molar-refractivity contribution in [1.82, 2.24) is 0 Å². The topological polar surface area (TPSA) is 46.2 Å². The minimum atomic E-state index is -0.163. The summed E-state index contributed by atoms with van der Waals surface area (Å²) in [6.45, 7) is 1.50. The molecule has 2 rings (SSSR count). The third-order valence-electron chi connectivity index (χ3n) is 2.92. The van der Waals surface area contributed by atoms with E-state index >= 15 is 0 Å². The fourth-order valence-electron chi connectivity index (χ4n) is 1.83. The van der Waals surface area contributed by atoms with Gasteiger partial charge in [0.2, 0.25) is 5.91 Å². The van der Waals surface area contributed by atoms with Crippen LogP contribution in [0.2, 0.25) is 10.0 Å². The first-order valence-corrected chi connectivity index (χ1v) is 7.06. The van der Waals surface area contributed by atoms with Gasteiger partial charge in [0.1, 0.15) is 0 Å². The third kappa shape index (κ3) is 4.31. The Bertz CT molecular complexity index is 681. The molecule has 2 aromatic rings. The van der Waals surface area contributed by atoms with Crippen molar-refractivity contribution in [3.05, 3.63) is 63.6 Å². The molecule has 2 aromatic carbocycles. The van der Waals surface area contributed by atoms with Gasteiger partial charge in [0.05, 0.1) is 16.5 Å². The van der Waals surface area contributed by atoms with Crippen LogP contribution in [0.1, 0.15) is 22.8 Å². The van der Waals surface area contributed by atoms with Crippen LogP contribution in [0.4, 0.5) is 5.69 Å². The van der Waals surface area contributed by atoms with Crippen molar-refractivity contribution in [3.63, 3.8) is 0 Å². The van der Waals surface area contributed by atoms with Gasteiger partial charge in [-0.2, -0.15) is 0 Å². The van der Waals surface area contributed by atoms with Gasteiger partial charge in [-0.15, -0.1) is 0 Å². The van der Waals surface area contributed by atoms with Crippen LogP contribution >= 0.6 is 23.2 Å². The SMILES string of the molecule is CC(=O)c1ccc(NC(=O)Cc2ccc(Cl)c(Cl)c2)cc1. The maximum atomic E-state index is 11.9. The second kappa shape index (κ2) is 6.74. The molecule has 0 radical (unpaired) electrons. The molecule has 0 aliphatic carbocycles. The smallest absolute Gasteiger partial charge is 0.228 e. The average Bonchev–Trinajstić information content (AvgIpc) is 2.43. The summed E-state index contributed by atoms with van der Waals surface area (Å²) in [6, 6.07) is 11.8. The summed E-state index contributed by atoms with van der Waals surface area (Å²) in [4.78, 5) is 23.1. The van der Waals surface area contributed by atoms with E-state index in [0.29, 0.717) is 21.3 Å². The number of halogens is 2. The minimum absolute atomic E-state index is 0.0105. The summed E-state index contributed by atoms with van der Waals surface area (Å²) >= 11 is 11.7. The van der Waals surface area contributed by atoms with E-state index in [0.717, 1.165) is 5.56 Å². The molecule has 0 atom stereocenters. The highest BCUT2D eigenvalue weighted by Gasteiger charge is 2.07. The van der Waals surface area contributed by atoms with Crippen LogP contribution in [-0.4, -0.2) is 11.7 Å². The van der Waals surface area contributed by atoms with Crippen molar-refractivity contribution in [1.29, 1.82) is 0 Å². The number of ketones is 1. The largest absolute Gasteiger partial charge is 0.326 e. The molecule has 0 aromatic heterocycles. The number of carbonyl (C=O) groups excluding carboxylic acids is 2. The van der Waals surface area contributed by atoms with Crippen LogP contribution in [-0.2, 0) is 11.2 Å². The predicted octanol–water partition coefficient (Wildman–Crippen LogP) is 4.38. The van der Waals surface area contributed by atoms with Crippen molar-refractivity contribution >= 4 is 40.6 Å². The summed E-state index contributed by atoms with van der Waals surface area (Å²) in [5.74, 6) is -0.173. The van der Waals surface area contributed by atoms with Crippen LogP contribution in [0.25, 0.3) is 0 Å². The molecule has 1 N–H and O–H groups in total. The molecule has 0 spiro atoms. The van der Waals surface area contributed by atoms with E-state index in [2.05, 4.69) is 5.32 Å². The highest BCUT2D eigenvalue weighted by atomic mass is 35.5. The molecule has 3 nitrogen and oxygen atoms in total. The number of benzene rings is 2. The number of rotatable bonds is 4. The molecule has 1 amide bonds. The number of carbonyl (C=O) groups is 2. The molecular weight excluding hydrogens is 309 g/mol. The van der Waals surface area contributed by atoms with E-state index in [-0.39, 0.29) is 18.1 Å². The van der Waals surface area contributed by atoms with Crippen molar-refractivity contribution in [2.24, 2.45) is 0 Å². The first-order valence-electron chi connectivity index (χ1n) is 6.30. The molecule has 0 aliphatic heterocycles. The standard InChI is InChI=1S/C16H13Cl2NO2/c1-10(20)12-3-5-13(6-4-12)19-16(21)9-11-2-7-14(17)15(18)8-11/h2-8H,9H2,1H3,(H,19,21). The molecule has 108 valence electrons. The normalized spacial score (nSPS) is 10.2. The van der Waals surface area contributed by atoms with Crippen molar-refractivity contribution in [3.8, 4) is 0 Å². The lowest BCUT2D eigenvalue weighted by atomic mass is 10.1. The number of Topliss-reactive ketones (excluding diaryl/α,β-unsaturated/α-hetero) is 1. The zero-order valence-electron chi connectivity index (χ0n) is 11.3. The van der Waals surface area contributed by atoms with Crippen LogP contribution in [0, 0.1) is 0 Å². The van der Waals surface area contributed by atoms with Gasteiger partial charge in [0, 0.05) is 11.3 Å². The average molecular weight is 322 g/mol. The Morgan fingerprint density at radius 1 is 1.00 bits per heavy atom. The molecular formula is C16H13Cl2NO2. The molecule has 0 unspecified atom stereocenters. The van der Waals surface area contributed by atoms with Gasteiger partial charge in [-0.1, -0.05) is 29.3 Å². The third-order valence-corrected chi connectivity index (χ3v) is 3.66. The van der Waals surface area contributed by atoms with Gasteiger partial charge in [0.15, 0.2) is 5.78 Å². The van der Waals surface area contributed by atoms with E-state index in [4.69, 9.17) is 23.2 Å². The van der Waals surface area contributed by atoms with Gasteiger partial charge in [0.25, 0.3) is 0 Å². The lowest BCUT2D eigenvalue weighted by molar-refractivity contribution is -0.115. The summed E-state index contributed by atoms with van der Waals surface area (Å²) in [6.07, 6.45) is 0.200. The molecule has 21 heavy (non-hydrogen) atoms. The molecule has 0 saturated heterocycles. The van der Waals surface area contributed by atoms with E-state index in [1.54, 1.807) is 42.5 Å². The fourth-order valence-corrected chi connectivity index (χ4v) is 2.15. The van der Waals surface area contributed by atoms with Gasteiger partial charge in [-0.3, -0.25) is 9.59 Å². The molecule has 0 aliphatic rings. The van der Waals surface area contributed by atoms with E-state index in [1.165, 1.54) is 6.92 Å². The first-order chi connectivity index (χ1) is 9.95. The Morgan fingerprint density at radius 3 is 2.24 bits per heavy atom. The number of anilines is 1. The Labute approximate surface area is 132 Å². The number of nitrogens with one attached hydrogen (secondary N) is 1. The van der Waals surface area contributed by atoms with Crippen LogP contribution in [0.15, 0.2) is 42.5 Å². The Hall–Kier alpha value is -1.84. The van der Waals surface area contributed by atoms with Gasteiger partial charge in [-0.05, 0) is 48.9 Å². The lowest BCUT2D eigenvalue weighted by Crippen LogP contribution is -2.14. The summed E-state index contributed by atoms with van der Waals surface area (Å²) in [5.41, 5.74) is 2.03. The molecule has 0 fully saturated rings. The highest BCUT2D eigenvalue weighted by Crippen LogP contribution is 2.23. The van der Waals surface area contributed by atoms with Gasteiger partial charge >= 0.3 is 0 Å². The van der Waals surface area contributed by atoms with Crippen LogP contribution < -0.4 is 5.32 Å². The van der Waals surface area contributed by atoms with E-state index in [9.17, 15) is 9.59 Å². The fraction of sp³-hybridized carbons (Fsp3) is 0.125. The molecule has 0 heterocycles. The quantitative estimate of drug-likeness (QED) is 0.849. The second-order valence-corrected chi connectivity index (χ2v) is 5.42. The van der Waals surface area contributed by atoms with Crippen LogP contribution in [0.3, 0.4) is 0 Å². The monoisotopic (exact) mass is 321 g/mol. The number of hydrogen-bond donors (Lipinski definition) is 1. The summed E-state index contributed by atoms with van der Waals surface area (Å²) < 4.78 is 0. The number of hydrogen-bond acceptors (Lipinski definition) is 2. The predicted molar refractivity (Wildman–Crippen MR) is 85.2 cm³/mol. The summed E-state index contributed by atoms with van der Waals surface area (Å²) in [7, 11) is 0. The van der Waals surface area contributed by atoms with Crippen molar-refractivity contribution < 1.29 is 9.59 Å². The van der Waals surface area contributed by atoms with E-state index < -0.39 is 0 Å². The molecule has 0 bridgehead atoms. The van der Waals surface area contributed by atoms with E-state index in [1.807, 2.05) is 0 Å². The molecule has 5 heteroatoms. The number of amides is 1. The maximum absolute atomic E-state index is 11.9. The Morgan fingerprint density at radius 2 is 1.67 bits per heavy atom. The van der Waals surface area contributed by atoms with Gasteiger partial charge in [-0.25, -0.2) is 0 Å². The minimum Gasteiger partial charge on any atom is -0.326 e. The first kappa shape index (κ1) is 15.5. The zero-order chi connectivity index (χ0) is 15.4. The Kier molecular flexibility index (Phi) is 4.99.